The first kappa shape index (κ1) is 19.0. The molecule has 2 aliphatic heterocycles. The normalized spacial score (nSPS) is 31.1. The van der Waals surface area contributed by atoms with Gasteiger partial charge in [0.1, 0.15) is 30.3 Å². The first-order chi connectivity index (χ1) is 12.4. The van der Waals surface area contributed by atoms with Crippen molar-refractivity contribution in [1.29, 1.82) is 0 Å². The van der Waals surface area contributed by atoms with Crippen LogP contribution in [0.1, 0.15) is 18.0 Å². The van der Waals surface area contributed by atoms with Gasteiger partial charge in [-0.1, -0.05) is 0 Å². The Hall–Kier alpha value is -1.79. The van der Waals surface area contributed by atoms with Gasteiger partial charge in [-0.3, -0.25) is 9.79 Å². The first-order valence-electron chi connectivity index (χ1n) is 8.12. The van der Waals surface area contributed by atoms with Gasteiger partial charge in [-0.25, -0.2) is 9.97 Å². The number of nitrogens with zero attached hydrogens (tertiary/aromatic N) is 3. The topological polar surface area (TPSA) is 177 Å². The van der Waals surface area contributed by atoms with Crippen molar-refractivity contribution in [1.82, 2.24) is 9.97 Å². The van der Waals surface area contributed by atoms with Crippen molar-refractivity contribution >= 4 is 35.5 Å². The molecule has 3 rings (SSSR count). The monoisotopic (exact) mass is 383 g/mol. The molecular formula is C15H21N5O5S. The fraction of sp³-hybridized carbons (Fsp3) is 0.600. The summed E-state index contributed by atoms with van der Waals surface area (Å²) in [4.78, 5) is 23.0. The van der Waals surface area contributed by atoms with Gasteiger partial charge in [-0.2, -0.15) is 11.8 Å². The Bertz CT molecular complexity index is 705. The second-order valence-corrected chi connectivity index (χ2v) is 7.38. The Morgan fingerprint density at radius 3 is 2.85 bits per heavy atom. The fourth-order valence-corrected chi connectivity index (χ4v) is 4.09. The molecular weight excluding hydrogens is 362 g/mol. The van der Waals surface area contributed by atoms with Crippen LogP contribution in [-0.2, 0) is 9.53 Å². The van der Waals surface area contributed by atoms with Crippen LogP contribution in [0.4, 0.5) is 11.5 Å². The first-order valence-corrected chi connectivity index (χ1v) is 9.28. The van der Waals surface area contributed by atoms with Gasteiger partial charge >= 0.3 is 5.97 Å². The summed E-state index contributed by atoms with van der Waals surface area (Å²) >= 11 is 1.42. The third kappa shape index (κ3) is 3.67. The van der Waals surface area contributed by atoms with Crippen LogP contribution < -0.4 is 11.5 Å². The van der Waals surface area contributed by atoms with Gasteiger partial charge in [0.25, 0.3) is 0 Å². The Labute approximate surface area is 153 Å². The number of anilines is 1. The number of thioether (sulfide) groups is 1. The third-order valence-electron chi connectivity index (χ3n) is 4.48. The van der Waals surface area contributed by atoms with Crippen molar-refractivity contribution in [2.24, 2.45) is 10.7 Å². The second kappa shape index (κ2) is 7.84. The van der Waals surface area contributed by atoms with Crippen LogP contribution in [0.5, 0.6) is 0 Å². The average molecular weight is 383 g/mol. The van der Waals surface area contributed by atoms with Gasteiger partial charge in [0.2, 0.25) is 0 Å². The predicted molar refractivity (Wildman–Crippen MR) is 95.6 cm³/mol. The van der Waals surface area contributed by atoms with Gasteiger partial charge in [0.15, 0.2) is 5.82 Å². The van der Waals surface area contributed by atoms with Crippen molar-refractivity contribution in [3.05, 3.63) is 12.0 Å². The number of aliphatic carboxylic acids is 1. The Morgan fingerprint density at radius 1 is 1.35 bits per heavy atom. The zero-order chi connectivity index (χ0) is 18.8. The molecule has 10 nitrogen and oxygen atoms in total. The molecule has 6 atom stereocenters. The Balaban J connectivity index is 1.58. The Morgan fingerprint density at radius 2 is 2.12 bits per heavy atom. The van der Waals surface area contributed by atoms with E-state index in [-0.39, 0.29) is 5.82 Å². The summed E-state index contributed by atoms with van der Waals surface area (Å²) in [5, 5.41) is 29.4. The van der Waals surface area contributed by atoms with Gasteiger partial charge < -0.3 is 31.5 Å². The summed E-state index contributed by atoms with van der Waals surface area (Å²) in [6, 6.07) is -0.911. The number of ether oxygens (including phenoxy) is 1. The van der Waals surface area contributed by atoms with Gasteiger partial charge in [0, 0.05) is 12.0 Å². The lowest BCUT2D eigenvalue weighted by Gasteiger charge is -2.20. The molecule has 1 fully saturated rings. The lowest BCUT2D eigenvalue weighted by atomic mass is 9.95. The number of aromatic nitrogens is 2. The fourth-order valence-electron chi connectivity index (χ4n) is 2.99. The maximum atomic E-state index is 10.7. The van der Waals surface area contributed by atoms with E-state index in [9.17, 15) is 15.0 Å². The summed E-state index contributed by atoms with van der Waals surface area (Å²) in [5.41, 5.74) is 12.3. The van der Waals surface area contributed by atoms with Crippen LogP contribution in [0, 0.1) is 0 Å². The molecule has 0 aromatic carbocycles. The van der Waals surface area contributed by atoms with E-state index in [1.54, 1.807) is 6.21 Å². The van der Waals surface area contributed by atoms with Crippen molar-refractivity contribution in [3.63, 3.8) is 0 Å². The number of hydrogen-bond donors (Lipinski definition) is 5. The zero-order valence-electron chi connectivity index (χ0n) is 13.8. The lowest BCUT2D eigenvalue weighted by Crippen LogP contribution is -2.36. The molecule has 142 valence electrons. The van der Waals surface area contributed by atoms with Crippen molar-refractivity contribution in [2.75, 3.05) is 17.2 Å². The van der Waals surface area contributed by atoms with Gasteiger partial charge in [-0.05, 0) is 12.2 Å². The van der Waals surface area contributed by atoms with E-state index < -0.39 is 42.3 Å². The highest BCUT2D eigenvalue weighted by molar-refractivity contribution is 7.99. The standard InChI is InChI=1S/C15H21N5O5S/c16-7(15(23)24)1-2-26-4-8-11(21)12(22)13(25-8)6-3-18-10-9(6)19-5-20-14(10)17/h3,5-8,11-13,21-22H,1-2,4,16H2,(H,23,24)(H2,17,19,20)/t6-,7-,8-,11-,12-,13?/m1/s1. The number of carboxylic acids is 1. The number of nitrogens with two attached hydrogens (primary N) is 2. The van der Waals surface area contributed by atoms with Crippen molar-refractivity contribution < 1.29 is 24.9 Å². The number of carbonyl (C=O) groups is 1. The molecule has 1 saturated heterocycles. The molecule has 3 heterocycles. The quantitative estimate of drug-likeness (QED) is 0.362. The molecule has 7 N–H and O–H groups in total. The van der Waals surface area contributed by atoms with Crippen LogP contribution >= 0.6 is 11.8 Å². The van der Waals surface area contributed by atoms with Crippen LogP contribution in [-0.4, -0.2) is 79.4 Å². The van der Waals surface area contributed by atoms with Gasteiger partial charge in [-0.15, -0.1) is 0 Å². The van der Waals surface area contributed by atoms with Crippen LogP contribution in [0.25, 0.3) is 0 Å². The SMILES string of the molecule is Nc1ncnc2c1N=C[C@H]2C1O[C@H](CSCC[C@@H](N)C(=O)O)[C@@H](O)[C@H]1O. The summed E-state index contributed by atoms with van der Waals surface area (Å²) < 4.78 is 5.86. The zero-order valence-corrected chi connectivity index (χ0v) is 14.6. The van der Waals surface area contributed by atoms with Crippen LogP contribution in [0.2, 0.25) is 0 Å². The smallest absolute Gasteiger partial charge is 0.320 e. The molecule has 2 aliphatic rings. The number of nitrogen functional groups attached to an aromatic ring is 1. The molecule has 1 aromatic heterocycles. The van der Waals surface area contributed by atoms with E-state index in [1.165, 1.54) is 18.1 Å². The van der Waals surface area contributed by atoms with E-state index in [4.69, 9.17) is 21.3 Å². The molecule has 0 amide bonds. The van der Waals surface area contributed by atoms with Crippen molar-refractivity contribution in [3.8, 4) is 0 Å². The number of aliphatic hydroxyl groups excluding tert-OH is 2. The largest absolute Gasteiger partial charge is 0.480 e. The number of aliphatic hydroxyl groups is 2. The maximum absolute atomic E-state index is 10.7. The molecule has 1 unspecified atom stereocenters. The highest BCUT2D eigenvalue weighted by Gasteiger charge is 2.48. The van der Waals surface area contributed by atoms with E-state index in [1.807, 2.05) is 0 Å². The number of aliphatic imine (C=N–C) groups is 1. The second-order valence-electron chi connectivity index (χ2n) is 6.23. The molecule has 0 bridgehead atoms. The van der Waals surface area contributed by atoms with E-state index in [0.717, 1.165) is 0 Å². The molecule has 0 radical (unpaired) electrons. The molecule has 26 heavy (non-hydrogen) atoms. The lowest BCUT2D eigenvalue weighted by molar-refractivity contribution is -0.138. The molecule has 1 aromatic rings. The summed E-state index contributed by atoms with van der Waals surface area (Å²) in [6.07, 6.45) is -0.204. The molecule has 11 heteroatoms. The van der Waals surface area contributed by atoms with Crippen LogP contribution in [0.15, 0.2) is 11.3 Å². The van der Waals surface area contributed by atoms with Crippen molar-refractivity contribution in [2.45, 2.75) is 42.8 Å². The molecule has 0 spiro atoms. The number of carboxylic acid groups (broad SMARTS) is 1. The minimum absolute atomic E-state index is 0.253. The van der Waals surface area contributed by atoms with Crippen LogP contribution in [0.3, 0.4) is 0 Å². The predicted octanol–water partition coefficient (Wildman–Crippen LogP) is -1.12. The van der Waals surface area contributed by atoms with Gasteiger partial charge in [0.05, 0.1) is 23.8 Å². The minimum Gasteiger partial charge on any atom is -0.480 e. The summed E-state index contributed by atoms with van der Waals surface area (Å²) in [5.74, 6) is -0.292. The number of rotatable bonds is 7. The van der Waals surface area contributed by atoms with E-state index in [0.29, 0.717) is 29.3 Å². The molecule has 0 saturated carbocycles. The highest BCUT2D eigenvalue weighted by Crippen LogP contribution is 2.40. The maximum Gasteiger partial charge on any atom is 0.320 e. The van der Waals surface area contributed by atoms with E-state index in [2.05, 4.69) is 15.0 Å². The number of hydrogen-bond acceptors (Lipinski definition) is 10. The number of fused-ring (bicyclic) bond motifs is 1. The summed E-state index contributed by atoms with van der Waals surface area (Å²) in [7, 11) is 0. The third-order valence-corrected chi connectivity index (χ3v) is 5.57. The Kier molecular flexibility index (Phi) is 5.73. The molecule has 0 aliphatic carbocycles. The minimum atomic E-state index is -1.10. The highest BCUT2D eigenvalue weighted by atomic mass is 32.2. The van der Waals surface area contributed by atoms with E-state index >= 15 is 0 Å². The average Bonchev–Trinajstić information content (AvgIpc) is 3.15. The summed E-state index contributed by atoms with van der Waals surface area (Å²) in [6.45, 7) is 0.